The lowest BCUT2D eigenvalue weighted by Crippen LogP contribution is -2.28. The number of nitro groups is 1. The number of aliphatic hydroxyl groups excluding tert-OH is 1. The van der Waals surface area contributed by atoms with Crippen molar-refractivity contribution in [1.82, 2.24) is 4.90 Å². The molecule has 1 N–H and O–H groups in total. The summed E-state index contributed by atoms with van der Waals surface area (Å²) in [5, 5.41) is 20.7. The first-order chi connectivity index (χ1) is 8.86. The smallest absolute Gasteiger partial charge is 0.310 e. The maximum absolute atomic E-state index is 11.1. The largest absolute Gasteiger partial charge is 0.490 e. The molecule has 0 aliphatic heterocycles. The molecule has 1 aromatic rings. The van der Waals surface area contributed by atoms with Gasteiger partial charge in [0.05, 0.1) is 24.7 Å². The van der Waals surface area contributed by atoms with Gasteiger partial charge in [-0.2, -0.15) is 0 Å². The fraction of sp³-hybridized carbons (Fsp3) is 0.417. The number of hydrogen-bond acceptors (Lipinski definition) is 5. The number of nitro benzene ring substituents is 1. The fourth-order valence-electron chi connectivity index (χ4n) is 1.55. The first-order valence-corrected chi connectivity index (χ1v) is 5.59. The normalized spacial score (nSPS) is 11.8. The Kier molecular flexibility index (Phi) is 4.82. The number of amides is 1. The molecular formula is C12H16N2O5. The van der Waals surface area contributed by atoms with E-state index in [9.17, 15) is 20.0 Å². The molecule has 0 aliphatic rings. The second kappa shape index (κ2) is 6.14. The summed E-state index contributed by atoms with van der Waals surface area (Å²) in [5.74, 6) is -0.0973. The minimum Gasteiger partial charge on any atom is -0.490 e. The van der Waals surface area contributed by atoms with E-state index in [1.165, 1.54) is 37.1 Å². The van der Waals surface area contributed by atoms with E-state index in [4.69, 9.17) is 4.74 Å². The van der Waals surface area contributed by atoms with Gasteiger partial charge in [0.2, 0.25) is 5.91 Å². The summed E-state index contributed by atoms with van der Waals surface area (Å²) in [6, 6.07) is 4.11. The van der Waals surface area contributed by atoms with E-state index in [0.29, 0.717) is 5.56 Å². The Balaban J connectivity index is 2.96. The molecule has 0 fully saturated rings. The van der Waals surface area contributed by atoms with Gasteiger partial charge in [-0.25, -0.2) is 0 Å². The average Bonchev–Trinajstić information content (AvgIpc) is 2.37. The molecule has 1 rings (SSSR count). The molecule has 19 heavy (non-hydrogen) atoms. The van der Waals surface area contributed by atoms with Gasteiger partial charge in [-0.3, -0.25) is 14.9 Å². The quantitative estimate of drug-likeness (QED) is 0.638. The van der Waals surface area contributed by atoms with Gasteiger partial charge in [-0.05, 0) is 17.7 Å². The van der Waals surface area contributed by atoms with Crippen LogP contribution in [0.4, 0.5) is 5.69 Å². The number of ether oxygens (including phenoxy) is 1. The summed E-state index contributed by atoms with van der Waals surface area (Å²) >= 11 is 0. The van der Waals surface area contributed by atoms with Crippen LogP contribution in [0, 0.1) is 10.1 Å². The van der Waals surface area contributed by atoms with Gasteiger partial charge >= 0.3 is 5.69 Å². The second-order valence-electron chi connectivity index (χ2n) is 4.10. The minimum absolute atomic E-state index is 0.0760. The number of aliphatic hydroxyl groups is 1. The second-order valence-corrected chi connectivity index (χ2v) is 4.10. The fourth-order valence-corrected chi connectivity index (χ4v) is 1.55. The highest BCUT2D eigenvalue weighted by atomic mass is 16.6. The Morgan fingerprint density at radius 2 is 2.21 bits per heavy atom. The van der Waals surface area contributed by atoms with Crippen molar-refractivity contribution in [1.29, 1.82) is 0 Å². The van der Waals surface area contributed by atoms with E-state index in [1.807, 2.05) is 0 Å². The highest BCUT2D eigenvalue weighted by Crippen LogP contribution is 2.30. The van der Waals surface area contributed by atoms with Crippen molar-refractivity contribution < 1.29 is 19.6 Å². The number of benzene rings is 1. The van der Waals surface area contributed by atoms with Crippen LogP contribution in [-0.2, 0) is 4.79 Å². The van der Waals surface area contributed by atoms with Crippen molar-refractivity contribution in [2.24, 2.45) is 0 Å². The van der Waals surface area contributed by atoms with Crippen molar-refractivity contribution in [2.75, 3.05) is 20.7 Å². The van der Waals surface area contributed by atoms with Crippen molar-refractivity contribution in [3.8, 4) is 5.75 Å². The van der Waals surface area contributed by atoms with E-state index >= 15 is 0 Å². The third-order valence-electron chi connectivity index (χ3n) is 2.77. The molecule has 0 radical (unpaired) electrons. The lowest BCUT2D eigenvalue weighted by atomic mass is 10.1. The summed E-state index contributed by atoms with van der Waals surface area (Å²) in [7, 11) is 2.88. The Labute approximate surface area is 110 Å². The predicted octanol–water partition coefficient (Wildman–Crippen LogP) is 1.12. The van der Waals surface area contributed by atoms with E-state index in [0.717, 1.165) is 0 Å². The number of methoxy groups -OCH3 is 1. The first-order valence-electron chi connectivity index (χ1n) is 5.59. The van der Waals surface area contributed by atoms with E-state index in [2.05, 4.69) is 0 Å². The van der Waals surface area contributed by atoms with Gasteiger partial charge in [0.25, 0.3) is 0 Å². The van der Waals surface area contributed by atoms with Gasteiger partial charge in [0.15, 0.2) is 5.75 Å². The molecule has 7 heteroatoms. The topological polar surface area (TPSA) is 92.9 Å². The maximum atomic E-state index is 11.1. The van der Waals surface area contributed by atoms with Gasteiger partial charge in [0, 0.05) is 20.0 Å². The molecular weight excluding hydrogens is 252 g/mol. The lowest BCUT2D eigenvalue weighted by molar-refractivity contribution is -0.385. The van der Waals surface area contributed by atoms with Crippen LogP contribution in [0.3, 0.4) is 0 Å². The molecule has 0 bridgehead atoms. The summed E-state index contributed by atoms with van der Waals surface area (Å²) < 4.78 is 4.92. The van der Waals surface area contributed by atoms with Crippen LogP contribution in [-0.4, -0.2) is 41.5 Å². The van der Waals surface area contributed by atoms with Crippen molar-refractivity contribution >= 4 is 11.6 Å². The zero-order valence-electron chi connectivity index (χ0n) is 11.0. The highest BCUT2D eigenvalue weighted by Gasteiger charge is 2.19. The molecule has 0 unspecified atom stereocenters. The molecule has 0 saturated carbocycles. The predicted molar refractivity (Wildman–Crippen MR) is 67.9 cm³/mol. The number of rotatable bonds is 5. The Morgan fingerprint density at radius 3 is 2.68 bits per heavy atom. The van der Waals surface area contributed by atoms with Crippen LogP contribution in [0.2, 0.25) is 0 Å². The van der Waals surface area contributed by atoms with Crippen LogP contribution < -0.4 is 4.74 Å². The number of nitrogens with zero attached hydrogens (tertiary/aromatic N) is 2. The summed E-state index contributed by atoms with van der Waals surface area (Å²) in [4.78, 5) is 22.6. The van der Waals surface area contributed by atoms with Crippen molar-refractivity contribution in [3.05, 3.63) is 33.9 Å². The maximum Gasteiger partial charge on any atom is 0.310 e. The van der Waals surface area contributed by atoms with Gasteiger partial charge in [-0.15, -0.1) is 0 Å². The molecule has 0 aliphatic carbocycles. The SMILES string of the molecule is COc1cc([C@H](O)CN(C)C(C)=O)ccc1[N+](=O)[O-]. The lowest BCUT2D eigenvalue weighted by Gasteiger charge is -2.19. The van der Waals surface area contributed by atoms with Gasteiger partial charge in [-0.1, -0.05) is 0 Å². The molecule has 0 saturated heterocycles. The monoisotopic (exact) mass is 268 g/mol. The number of carbonyl (C=O) groups is 1. The minimum atomic E-state index is -0.927. The van der Waals surface area contributed by atoms with Gasteiger partial charge < -0.3 is 14.7 Å². The van der Waals surface area contributed by atoms with Gasteiger partial charge in [0.1, 0.15) is 0 Å². The average molecular weight is 268 g/mol. The summed E-state index contributed by atoms with van der Waals surface area (Å²) in [6.45, 7) is 1.50. The molecule has 0 aromatic heterocycles. The number of carbonyl (C=O) groups excluding carboxylic acids is 1. The summed E-state index contributed by atoms with van der Waals surface area (Å²) in [5.41, 5.74) is 0.286. The third-order valence-corrected chi connectivity index (χ3v) is 2.77. The highest BCUT2D eigenvalue weighted by molar-refractivity contribution is 5.72. The molecule has 104 valence electrons. The number of hydrogen-bond donors (Lipinski definition) is 1. The molecule has 1 atom stereocenters. The van der Waals surface area contributed by atoms with E-state index < -0.39 is 11.0 Å². The van der Waals surface area contributed by atoms with E-state index in [-0.39, 0.29) is 23.9 Å². The number of likely N-dealkylation sites (N-methyl/N-ethyl adjacent to an activating group) is 1. The van der Waals surface area contributed by atoms with E-state index in [1.54, 1.807) is 7.05 Å². The molecule has 7 nitrogen and oxygen atoms in total. The Morgan fingerprint density at radius 1 is 1.58 bits per heavy atom. The zero-order valence-corrected chi connectivity index (χ0v) is 11.0. The third kappa shape index (κ3) is 3.65. The molecule has 0 spiro atoms. The van der Waals surface area contributed by atoms with Crippen molar-refractivity contribution in [3.63, 3.8) is 0 Å². The van der Waals surface area contributed by atoms with Crippen LogP contribution >= 0.6 is 0 Å². The van der Waals surface area contributed by atoms with Crippen LogP contribution in [0.25, 0.3) is 0 Å². The molecule has 0 heterocycles. The van der Waals surface area contributed by atoms with Crippen LogP contribution in [0.5, 0.6) is 5.75 Å². The standard InChI is InChI=1S/C12H16N2O5/c1-8(15)13(2)7-11(16)9-4-5-10(14(17)18)12(6-9)19-3/h4-6,11,16H,7H2,1-3H3/t11-/m1/s1. The zero-order chi connectivity index (χ0) is 14.6. The van der Waals surface area contributed by atoms with Crippen LogP contribution in [0.15, 0.2) is 18.2 Å². The molecule has 1 amide bonds. The Bertz CT molecular complexity index is 489. The van der Waals surface area contributed by atoms with Crippen LogP contribution in [0.1, 0.15) is 18.6 Å². The summed E-state index contributed by atoms with van der Waals surface area (Å²) in [6.07, 6.45) is -0.927. The molecule has 1 aromatic carbocycles. The first kappa shape index (κ1) is 14.9. The van der Waals surface area contributed by atoms with Crippen molar-refractivity contribution in [2.45, 2.75) is 13.0 Å². The Hall–Kier alpha value is -2.15.